The summed E-state index contributed by atoms with van der Waals surface area (Å²) in [6.45, 7) is 6.96. The summed E-state index contributed by atoms with van der Waals surface area (Å²) in [6.07, 6.45) is 8.21. The van der Waals surface area contributed by atoms with Crippen molar-refractivity contribution < 1.29 is 9.59 Å². The number of hydrogen-bond acceptors (Lipinski definition) is 7. The van der Waals surface area contributed by atoms with E-state index in [1.54, 1.807) is 11.3 Å². The highest BCUT2D eigenvalue weighted by molar-refractivity contribution is 7.15. The second-order valence-corrected chi connectivity index (χ2v) is 11.1. The molecular weight excluding hydrogens is 436 g/mol. The monoisotopic (exact) mass is 476 g/mol. The van der Waals surface area contributed by atoms with Crippen molar-refractivity contribution in [2.24, 2.45) is 11.8 Å². The number of nitrogens with zero attached hydrogens (tertiary/aromatic N) is 4. The molecule has 184 valence electrons. The van der Waals surface area contributed by atoms with E-state index in [1.165, 1.54) is 29.0 Å². The van der Waals surface area contributed by atoms with E-state index < -0.39 is 0 Å². The predicted molar refractivity (Wildman–Crippen MR) is 132 cm³/mol. The zero-order valence-electron chi connectivity index (χ0n) is 20.2. The van der Waals surface area contributed by atoms with Gasteiger partial charge < -0.3 is 20.9 Å². The number of rotatable bonds is 7. The quantitative estimate of drug-likeness (QED) is 0.628. The number of hydrogen-bond donors (Lipinski definition) is 2. The number of likely N-dealkylation sites (N-methyl/N-ethyl adjacent to an activating group) is 1. The molecule has 3 heterocycles. The molecule has 0 unspecified atom stereocenters. The van der Waals surface area contributed by atoms with Gasteiger partial charge >= 0.3 is 6.03 Å². The summed E-state index contributed by atoms with van der Waals surface area (Å²) in [4.78, 5) is 38.7. The van der Waals surface area contributed by atoms with Crippen LogP contribution in [0, 0.1) is 11.8 Å². The summed E-state index contributed by atoms with van der Waals surface area (Å²) in [6, 6.07) is 0.192. The van der Waals surface area contributed by atoms with Crippen LogP contribution in [0.15, 0.2) is 0 Å². The third kappa shape index (κ3) is 5.87. The van der Waals surface area contributed by atoms with Crippen molar-refractivity contribution in [3.8, 4) is 0 Å². The van der Waals surface area contributed by atoms with E-state index in [4.69, 9.17) is 5.73 Å². The first-order chi connectivity index (χ1) is 16.0. The number of piperidine rings is 2. The molecule has 3 N–H and O–H groups in total. The second kappa shape index (κ2) is 11.1. The number of nitrogens with two attached hydrogens (primary N) is 1. The normalized spacial score (nSPS) is 25.8. The van der Waals surface area contributed by atoms with E-state index in [9.17, 15) is 9.59 Å². The second-order valence-electron chi connectivity index (χ2n) is 10.0. The number of aromatic nitrogens is 1. The number of carbonyl (C=O) groups is 2. The Bertz CT molecular complexity index is 824. The highest BCUT2D eigenvalue weighted by Gasteiger charge is 2.42. The Kier molecular flexibility index (Phi) is 8.24. The molecule has 1 aromatic heterocycles. The molecule has 9 heteroatoms. The number of imide groups is 1. The molecule has 3 atom stereocenters. The zero-order chi connectivity index (χ0) is 23.4. The number of likely N-dealkylation sites (tertiary alicyclic amines) is 2. The predicted octanol–water partition coefficient (Wildman–Crippen LogP) is 2.58. The average Bonchev–Trinajstić information content (AvgIpc) is 3.17. The van der Waals surface area contributed by atoms with Crippen LogP contribution in [0.4, 0.5) is 9.93 Å². The summed E-state index contributed by atoms with van der Waals surface area (Å²) < 4.78 is 0. The number of unbranched alkanes of at least 4 members (excludes halogenated alkanes) is 1. The van der Waals surface area contributed by atoms with E-state index >= 15 is 0 Å². The van der Waals surface area contributed by atoms with Crippen molar-refractivity contribution in [1.29, 1.82) is 0 Å². The number of thiazole rings is 1. The fourth-order valence-corrected chi connectivity index (χ4v) is 6.68. The van der Waals surface area contributed by atoms with Gasteiger partial charge in [0.05, 0.1) is 11.6 Å². The van der Waals surface area contributed by atoms with Crippen molar-refractivity contribution in [3.05, 3.63) is 10.6 Å². The average molecular weight is 477 g/mol. The van der Waals surface area contributed by atoms with E-state index in [0.717, 1.165) is 57.4 Å². The maximum Gasteiger partial charge on any atom is 0.324 e. The standard InChI is InChI=1S/C24H40N6O2S/c1-3-4-11-30(24(32)26-8-12-29-9-6-5-7-10-29)22(31)18-13-17-14-19-21(33-23(25)27-19)15-20(17)28(2)16-18/h17-18,20H,3-16H2,1-2H3,(H2,25,27)(H,26,32)/t17-,18-,20-/m1/s1. The van der Waals surface area contributed by atoms with Gasteiger partial charge in [0.25, 0.3) is 0 Å². The van der Waals surface area contributed by atoms with Crippen LogP contribution >= 0.6 is 11.3 Å². The van der Waals surface area contributed by atoms with Crippen molar-refractivity contribution >= 4 is 28.4 Å². The van der Waals surface area contributed by atoms with E-state index in [2.05, 4.69) is 34.1 Å². The van der Waals surface area contributed by atoms with Gasteiger partial charge in [-0.05, 0) is 64.6 Å². The van der Waals surface area contributed by atoms with Crippen LogP contribution in [-0.2, 0) is 17.6 Å². The molecule has 0 saturated carbocycles. The Balaban J connectivity index is 1.37. The minimum absolute atomic E-state index is 0.0205. The van der Waals surface area contributed by atoms with Crippen molar-refractivity contribution in [1.82, 2.24) is 25.0 Å². The lowest BCUT2D eigenvalue weighted by Crippen LogP contribution is -2.55. The van der Waals surface area contributed by atoms with Crippen LogP contribution in [0.3, 0.4) is 0 Å². The van der Waals surface area contributed by atoms with E-state index in [1.807, 2.05) is 0 Å². The number of amides is 3. The Hall–Kier alpha value is -1.71. The Labute approximate surface area is 201 Å². The minimum Gasteiger partial charge on any atom is -0.375 e. The Morgan fingerprint density at radius 1 is 1.24 bits per heavy atom. The fourth-order valence-electron chi connectivity index (χ4n) is 5.77. The maximum absolute atomic E-state index is 13.6. The van der Waals surface area contributed by atoms with Crippen LogP contribution in [0.25, 0.3) is 0 Å². The molecule has 0 aromatic carbocycles. The lowest BCUT2D eigenvalue weighted by molar-refractivity contribution is -0.136. The van der Waals surface area contributed by atoms with Crippen molar-refractivity contribution in [2.45, 2.75) is 64.3 Å². The van der Waals surface area contributed by atoms with Gasteiger partial charge in [-0.2, -0.15) is 0 Å². The van der Waals surface area contributed by atoms with E-state index in [-0.39, 0.29) is 17.9 Å². The first-order valence-electron chi connectivity index (χ1n) is 12.7. The summed E-state index contributed by atoms with van der Waals surface area (Å²) in [5.74, 6) is 0.202. The lowest BCUT2D eigenvalue weighted by Gasteiger charge is -2.45. The summed E-state index contributed by atoms with van der Waals surface area (Å²) in [7, 11) is 2.11. The van der Waals surface area contributed by atoms with Gasteiger partial charge in [-0.15, -0.1) is 11.3 Å². The van der Waals surface area contributed by atoms with Crippen LogP contribution in [-0.4, -0.2) is 84.0 Å². The summed E-state index contributed by atoms with van der Waals surface area (Å²) in [5, 5.41) is 3.67. The topological polar surface area (TPSA) is 94.8 Å². The third-order valence-electron chi connectivity index (χ3n) is 7.60. The molecular formula is C24H40N6O2S. The van der Waals surface area contributed by atoms with E-state index in [0.29, 0.717) is 36.7 Å². The van der Waals surface area contributed by atoms with Crippen LogP contribution < -0.4 is 11.1 Å². The SMILES string of the molecule is CCCCN(C(=O)NCCN1CCCCC1)C(=O)[C@@H]1C[C@@H]2Cc3nc(N)sc3C[C@H]2N(C)C1. The first-order valence-corrected chi connectivity index (χ1v) is 13.5. The molecule has 4 rings (SSSR count). The number of urea groups is 1. The Morgan fingerprint density at radius 3 is 2.79 bits per heavy atom. The molecule has 8 nitrogen and oxygen atoms in total. The van der Waals surface area contributed by atoms with Gasteiger partial charge in [0.1, 0.15) is 0 Å². The number of fused-ring (bicyclic) bond motifs is 2. The minimum atomic E-state index is -0.228. The van der Waals surface area contributed by atoms with Crippen molar-refractivity contribution in [3.63, 3.8) is 0 Å². The molecule has 2 aliphatic heterocycles. The molecule has 3 amide bonds. The first kappa shape index (κ1) is 24.4. The molecule has 2 fully saturated rings. The number of nitrogen functional groups attached to an aromatic ring is 1. The molecule has 1 aromatic rings. The maximum atomic E-state index is 13.6. The molecule has 33 heavy (non-hydrogen) atoms. The van der Waals surface area contributed by atoms with Gasteiger partial charge in [-0.25, -0.2) is 9.78 Å². The highest BCUT2D eigenvalue weighted by Crippen LogP contribution is 2.39. The Morgan fingerprint density at radius 2 is 2.03 bits per heavy atom. The summed E-state index contributed by atoms with van der Waals surface area (Å²) >= 11 is 1.60. The van der Waals surface area contributed by atoms with Gasteiger partial charge in [0.2, 0.25) is 5.91 Å². The highest BCUT2D eigenvalue weighted by atomic mass is 32.1. The smallest absolute Gasteiger partial charge is 0.324 e. The number of carbonyl (C=O) groups excluding carboxylic acids is 2. The lowest BCUT2D eigenvalue weighted by atomic mass is 9.75. The molecule has 3 aliphatic rings. The van der Waals surface area contributed by atoms with Crippen LogP contribution in [0.2, 0.25) is 0 Å². The molecule has 0 radical (unpaired) electrons. The van der Waals surface area contributed by atoms with Crippen molar-refractivity contribution in [2.75, 3.05) is 52.0 Å². The van der Waals surface area contributed by atoms with Gasteiger partial charge in [-0.1, -0.05) is 19.8 Å². The van der Waals surface area contributed by atoms with Crippen LogP contribution in [0.5, 0.6) is 0 Å². The van der Waals surface area contributed by atoms with Gasteiger partial charge in [0.15, 0.2) is 5.13 Å². The van der Waals surface area contributed by atoms with Gasteiger partial charge in [-0.3, -0.25) is 9.69 Å². The van der Waals surface area contributed by atoms with Crippen LogP contribution in [0.1, 0.15) is 56.0 Å². The molecule has 0 spiro atoms. The van der Waals surface area contributed by atoms with Gasteiger partial charge in [0, 0.05) is 37.1 Å². The molecule has 0 bridgehead atoms. The number of anilines is 1. The largest absolute Gasteiger partial charge is 0.375 e. The summed E-state index contributed by atoms with van der Waals surface area (Å²) in [5.41, 5.74) is 7.06. The molecule has 1 aliphatic carbocycles. The zero-order valence-corrected chi connectivity index (χ0v) is 21.0. The fraction of sp³-hybridized carbons (Fsp3) is 0.792. The number of nitrogens with one attached hydrogen (secondary N) is 1. The molecule has 2 saturated heterocycles. The third-order valence-corrected chi connectivity index (χ3v) is 8.55.